The lowest BCUT2D eigenvalue weighted by molar-refractivity contribution is -0.139. The van der Waals surface area contributed by atoms with Crippen LogP contribution >= 0.6 is 12.4 Å². The maximum absolute atomic E-state index is 13.0. The number of carboxylic acid groups (broad SMARTS) is 1. The Kier molecular flexibility index (Phi) is 7.72. The van der Waals surface area contributed by atoms with Crippen LogP contribution in [0, 0.1) is 12.8 Å². The Hall–Kier alpha value is -2.58. The molecule has 1 aromatic carbocycles. The van der Waals surface area contributed by atoms with Gasteiger partial charge in [-0.2, -0.15) is 5.10 Å². The molecule has 3 rings (SSSR count). The molecule has 3 N–H and O–H groups in total. The van der Waals surface area contributed by atoms with Crippen LogP contribution in [0.3, 0.4) is 0 Å². The summed E-state index contributed by atoms with van der Waals surface area (Å²) >= 11 is 0. The number of nitrogens with two attached hydrogens (primary N) is 1. The molecule has 0 bridgehead atoms. The molecule has 1 fully saturated rings. The monoisotopic (exact) mass is 449 g/mol. The second kappa shape index (κ2) is 9.70. The lowest BCUT2D eigenvalue weighted by atomic mass is 9.86. The second-order valence-electron chi connectivity index (χ2n) is 8.27. The summed E-state index contributed by atoms with van der Waals surface area (Å²) < 4.78 is 1.80. The van der Waals surface area contributed by atoms with Crippen LogP contribution in [0.4, 0.5) is 4.79 Å². The van der Waals surface area contributed by atoms with E-state index in [4.69, 9.17) is 5.73 Å². The van der Waals surface area contributed by atoms with Crippen molar-refractivity contribution in [3.05, 3.63) is 47.8 Å². The van der Waals surface area contributed by atoms with Crippen LogP contribution in [-0.2, 0) is 10.3 Å². The van der Waals surface area contributed by atoms with E-state index in [-0.39, 0.29) is 37.3 Å². The van der Waals surface area contributed by atoms with E-state index in [0.717, 1.165) is 17.1 Å². The van der Waals surface area contributed by atoms with Crippen molar-refractivity contribution in [2.75, 3.05) is 19.6 Å². The van der Waals surface area contributed by atoms with Gasteiger partial charge in [0, 0.05) is 19.6 Å². The van der Waals surface area contributed by atoms with Crippen LogP contribution in [0.25, 0.3) is 5.69 Å². The fourth-order valence-electron chi connectivity index (χ4n) is 4.18. The third-order valence-electron chi connectivity index (χ3n) is 6.00. The molecule has 1 aliphatic rings. The van der Waals surface area contributed by atoms with Gasteiger partial charge in [0.15, 0.2) is 0 Å². The summed E-state index contributed by atoms with van der Waals surface area (Å²) in [7, 11) is 0. The van der Waals surface area contributed by atoms with Crippen LogP contribution in [0.5, 0.6) is 0 Å². The van der Waals surface area contributed by atoms with Gasteiger partial charge in [-0.15, -0.1) is 12.4 Å². The highest BCUT2D eigenvalue weighted by molar-refractivity contribution is 5.85. The minimum Gasteiger partial charge on any atom is -0.465 e. The SMILES string of the molecule is CC[C@]1(c2cc(C)nn2-c2ccccc2)CN(C(=O)[C@@H](N)C(C)C)CCN1C(=O)O.Cl. The number of amides is 2. The summed E-state index contributed by atoms with van der Waals surface area (Å²) in [5, 5.41) is 14.7. The van der Waals surface area contributed by atoms with E-state index in [0.29, 0.717) is 13.0 Å². The molecule has 2 amide bonds. The Morgan fingerprint density at radius 3 is 2.42 bits per heavy atom. The lowest BCUT2D eigenvalue weighted by Gasteiger charge is -2.49. The number of aromatic nitrogens is 2. The average Bonchev–Trinajstić information content (AvgIpc) is 3.14. The number of benzene rings is 1. The molecule has 0 aliphatic carbocycles. The van der Waals surface area contributed by atoms with E-state index in [1.807, 2.05) is 64.1 Å². The predicted molar refractivity (Wildman–Crippen MR) is 122 cm³/mol. The van der Waals surface area contributed by atoms with E-state index in [1.165, 1.54) is 4.90 Å². The Morgan fingerprint density at radius 2 is 1.87 bits per heavy atom. The third-order valence-corrected chi connectivity index (χ3v) is 6.00. The standard InChI is InChI=1S/C22H31N5O3.ClH/c1-5-22(18-13-16(4)24-27(18)17-9-7-6-8-10-17)14-25(11-12-26(22)21(29)30)20(28)19(23)15(2)3;/h6-10,13,15,19H,5,11-12,14,23H2,1-4H3,(H,29,30);1H/t19-,22+;/m0./s1. The number of hydrogen-bond acceptors (Lipinski definition) is 4. The Labute approximate surface area is 189 Å². The average molecular weight is 450 g/mol. The molecular formula is C22H32ClN5O3. The van der Waals surface area contributed by atoms with Crippen molar-refractivity contribution in [1.29, 1.82) is 0 Å². The first kappa shape index (κ1) is 24.7. The van der Waals surface area contributed by atoms with E-state index >= 15 is 0 Å². The van der Waals surface area contributed by atoms with Crippen LogP contribution in [0.15, 0.2) is 36.4 Å². The molecule has 0 saturated carbocycles. The fourth-order valence-corrected chi connectivity index (χ4v) is 4.18. The van der Waals surface area contributed by atoms with Crippen molar-refractivity contribution in [3.63, 3.8) is 0 Å². The predicted octanol–water partition coefficient (Wildman–Crippen LogP) is 3.01. The van der Waals surface area contributed by atoms with Gasteiger partial charge < -0.3 is 15.7 Å². The number of halogens is 1. The summed E-state index contributed by atoms with van der Waals surface area (Å²) in [6, 6.07) is 10.9. The highest BCUT2D eigenvalue weighted by Gasteiger charge is 2.48. The first-order chi connectivity index (χ1) is 14.2. The summed E-state index contributed by atoms with van der Waals surface area (Å²) in [6.45, 7) is 8.45. The van der Waals surface area contributed by atoms with Crippen LogP contribution in [-0.4, -0.2) is 62.4 Å². The number of rotatable bonds is 5. The molecule has 2 aromatic rings. The van der Waals surface area contributed by atoms with Gasteiger partial charge in [-0.05, 0) is 37.5 Å². The first-order valence-corrected chi connectivity index (χ1v) is 10.4. The normalized spacial score (nSPS) is 19.8. The minimum atomic E-state index is -1.00. The van der Waals surface area contributed by atoms with Gasteiger partial charge in [0.05, 0.1) is 23.1 Å². The number of carbonyl (C=O) groups excluding carboxylic acids is 1. The molecule has 0 radical (unpaired) electrons. The first-order valence-electron chi connectivity index (χ1n) is 10.4. The highest BCUT2D eigenvalue weighted by atomic mass is 35.5. The molecule has 1 aliphatic heterocycles. The largest absolute Gasteiger partial charge is 0.465 e. The molecule has 2 atom stereocenters. The Morgan fingerprint density at radius 1 is 1.23 bits per heavy atom. The van der Waals surface area contributed by atoms with Gasteiger partial charge in [-0.25, -0.2) is 9.48 Å². The van der Waals surface area contributed by atoms with Crippen molar-refractivity contribution in [1.82, 2.24) is 19.6 Å². The van der Waals surface area contributed by atoms with Gasteiger partial charge in [0.2, 0.25) is 5.91 Å². The molecule has 1 aromatic heterocycles. The second-order valence-corrected chi connectivity index (χ2v) is 8.27. The number of nitrogens with zero attached hydrogens (tertiary/aromatic N) is 4. The molecule has 1 saturated heterocycles. The van der Waals surface area contributed by atoms with Crippen molar-refractivity contribution in [2.45, 2.75) is 45.7 Å². The summed E-state index contributed by atoms with van der Waals surface area (Å²) in [4.78, 5) is 28.4. The zero-order chi connectivity index (χ0) is 22.1. The molecule has 31 heavy (non-hydrogen) atoms. The van der Waals surface area contributed by atoms with E-state index in [9.17, 15) is 14.7 Å². The number of piperazine rings is 1. The number of hydrogen-bond donors (Lipinski definition) is 2. The van der Waals surface area contributed by atoms with Crippen molar-refractivity contribution < 1.29 is 14.7 Å². The number of carbonyl (C=O) groups is 2. The fraction of sp³-hybridized carbons (Fsp3) is 0.500. The van der Waals surface area contributed by atoms with Crippen LogP contribution in [0.1, 0.15) is 38.6 Å². The molecule has 9 heteroatoms. The zero-order valence-corrected chi connectivity index (χ0v) is 19.3. The van der Waals surface area contributed by atoms with E-state index < -0.39 is 17.7 Å². The van der Waals surface area contributed by atoms with Crippen LogP contribution < -0.4 is 5.73 Å². The van der Waals surface area contributed by atoms with Gasteiger partial charge in [0.25, 0.3) is 0 Å². The van der Waals surface area contributed by atoms with Crippen LogP contribution in [0.2, 0.25) is 0 Å². The highest BCUT2D eigenvalue weighted by Crippen LogP contribution is 2.37. The lowest BCUT2D eigenvalue weighted by Crippen LogP contribution is -2.64. The number of aryl methyl sites for hydroxylation is 1. The maximum Gasteiger partial charge on any atom is 0.408 e. The van der Waals surface area contributed by atoms with E-state index in [2.05, 4.69) is 5.10 Å². The summed E-state index contributed by atoms with van der Waals surface area (Å²) in [5.41, 5.74) is 7.61. The van der Waals surface area contributed by atoms with Gasteiger partial charge in [0.1, 0.15) is 5.54 Å². The van der Waals surface area contributed by atoms with Crippen molar-refractivity contribution in [2.24, 2.45) is 11.7 Å². The summed E-state index contributed by atoms with van der Waals surface area (Å²) in [5.74, 6) is -0.140. The van der Waals surface area contributed by atoms with Gasteiger partial charge in [-0.3, -0.25) is 9.69 Å². The molecule has 170 valence electrons. The topological polar surface area (TPSA) is 105 Å². The van der Waals surface area contributed by atoms with E-state index in [1.54, 1.807) is 9.58 Å². The van der Waals surface area contributed by atoms with Crippen molar-refractivity contribution in [3.8, 4) is 5.69 Å². The number of para-hydroxylation sites is 1. The minimum absolute atomic E-state index is 0. The molecule has 0 spiro atoms. The quantitative estimate of drug-likeness (QED) is 0.730. The molecule has 2 heterocycles. The smallest absolute Gasteiger partial charge is 0.408 e. The summed E-state index contributed by atoms with van der Waals surface area (Å²) in [6.07, 6.45) is -0.506. The molecule has 8 nitrogen and oxygen atoms in total. The Bertz CT molecular complexity index is 917. The molecular weight excluding hydrogens is 418 g/mol. The van der Waals surface area contributed by atoms with Gasteiger partial charge in [-0.1, -0.05) is 39.0 Å². The third kappa shape index (κ3) is 4.55. The van der Waals surface area contributed by atoms with Gasteiger partial charge >= 0.3 is 6.09 Å². The molecule has 0 unspecified atom stereocenters. The maximum atomic E-state index is 13.0. The Balaban J connectivity index is 0.00000341. The van der Waals surface area contributed by atoms with Crippen molar-refractivity contribution >= 4 is 24.4 Å². The zero-order valence-electron chi connectivity index (χ0n) is 18.5.